The summed E-state index contributed by atoms with van der Waals surface area (Å²) in [5, 5.41) is 2.69. The summed E-state index contributed by atoms with van der Waals surface area (Å²) in [5.74, 6) is 0.392. The average Bonchev–Trinajstić information content (AvgIpc) is 2.29. The molecule has 0 aliphatic heterocycles. The van der Waals surface area contributed by atoms with Crippen LogP contribution in [0.4, 0.5) is 0 Å². The summed E-state index contributed by atoms with van der Waals surface area (Å²) in [5.41, 5.74) is 2.84. The molecule has 1 unspecified atom stereocenters. The van der Waals surface area contributed by atoms with Gasteiger partial charge in [-0.25, -0.2) is 18.4 Å². The summed E-state index contributed by atoms with van der Waals surface area (Å²) in [6, 6.07) is 0.445. The van der Waals surface area contributed by atoms with Gasteiger partial charge in [-0.3, -0.25) is 0 Å². The van der Waals surface area contributed by atoms with Crippen LogP contribution < -0.4 is 5.32 Å². The highest BCUT2D eigenvalue weighted by Gasteiger charge is 2.21. The van der Waals surface area contributed by atoms with E-state index in [1.54, 1.807) is 6.92 Å². The second kappa shape index (κ2) is 6.63. The van der Waals surface area contributed by atoms with Crippen molar-refractivity contribution in [3.8, 4) is 0 Å². The van der Waals surface area contributed by atoms with Gasteiger partial charge in [-0.15, -0.1) is 0 Å². The van der Waals surface area contributed by atoms with E-state index in [0.717, 1.165) is 29.9 Å². The van der Waals surface area contributed by atoms with Crippen molar-refractivity contribution in [1.29, 1.82) is 0 Å². The van der Waals surface area contributed by atoms with Gasteiger partial charge >= 0.3 is 0 Å². The third kappa shape index (κ3) is 4.52. The number of nitrogens with zero attached hydrogens (tertiary/aromatic N) is 2. The predicted molar refractivity (Wildman–Crippen MR) is 81.6 cm³/mol. The summed E-state index contributed by atoms with van der Waals surface area (Å²) < 4.78 is 23.2. The van der Waals surface area contributed by atoms with Crippen molar-refractivity contribution in [3.63, 3.8) is 0 Å². The molecule has 0 aliphatic rings. The quantitative estimate of drug-likeness (QED) is 0.866. The average molecular weight is 299 g/mol. The van der Waals surface area contributed by atoms with Gasteiger partial charge in [0.2, 0.25) is 0 Å². The first-order chi connectivity index (χ1) is 9.12. The normalized spacial score (nSPS) is 13.8. The van der Waals surface area contributed by atoms with E-state index in [2.05, 4.69) is 29.1 Å². The molecule has 1 heterocycles. The van der Waals surface area contributed by atoms with E-state index in [4.69, 9.17) is 0 Å². The maximum Gasteiger partial charge on any atom is 0.157 e. The number of nitrogens with one attached hydrogen (secondary N) is 1. The van der Waals surface area contributed by atoms with Crippen LogP contribution in [-0.4, -0.2) is 37.2 Å². The second-order valence-electron chi connectivity index (χ2n) is 5.56. The van der Waals surface area contributed by atoms with Crippen molar-refractivity contribution < 1.29 is 8.42 Å². The van der Waals surface area contributed by atoms with Crippen molar-refractivity contribution in [2.45, 2.75) is 52.3 Å². The van der Waals surface area contributed by atoms with Crippen LogP contribution in [0.1, 0.15) is 48.8 Å². The molecule has 0 radical (unpaired) electrons. The minimum atomic E-state index is -3.17. The largest absolute Gasteiger partial charge is 0.314 e. The number of hydrogen-bond acceptors (Lipinski definition) is 5. The molecule has 0 bridgehead atoms. The van der Waals surface area contributed by atoms with Crippen LogP contribution in [-0.2, 0) is 16.3 Å². The predicted octanol–water partition coefficient (Wildman–Crippen LogP) is 1.74. The second-order valence-corrected chi connectivity index (χ2v) is 7.93. The van der Waals surface area contributed by atoms with Gasteiger partial charge in [0.15, 0.2) is 9.84 Å². The van der Waals surface area contributed by atoms with Crippen LogP contribution in [0.3, 0.4) is 0 Å². The van der Waals surface area contributed by atoms with Crippen molar-refractivity contribution in [2.24, 2.45) is 0 Å². The Bertz CT molecular complexity index is 545. The van der Waals surface area contributed by atoms with Crippen LogP contribution in [0.15, 0.2) is 0 Å². The standard InChI is InChI=1S/C14H25N3O2S/c1-9(2)15-8-7-13-10(3)16-14(17-11(13)4)12(5)20(6,18)19/h9,12,15H,7-8H2,1-6H3. The van der Waals surface area contributed by atoms with Gasteiger partial charge in [0.05, 0.1) is 0 Å². The summed E-state index contributed by atoms with van der Waals surface area (Å²) >= 11 is 0. The zero-order chi connectivity index (χ0) is 15.5. The third-order valence-electron chi connectivity index (χ3n) is 3.37. The fraction of sp³-hybridized carbons (Fsp3) is 0.714. The summed E-state index contributed by atoms with van der Waals surface area (Å²) in [7, 11) is -3.17. The molecule has 0 aliphatic carbocycles. The number of rotatable bonds is 6. The first kappa shape index (κ1) is 17.0. The minimum absolute atomic E-state index is 0.392. The van der Waals surface area contributed by atoms with Crippen LogP contribution in [0.25, 0.3) is 0 Å². The monoisotopic (exact) mass is 299 g/mol. The van der Waals surface area contributed by atoms with Gasteiger partial charge in [-0.1, -0.05) is 13.8 Å². The molecule has 0 saturated heterocycles. The van der Waals surface area contributed by atoms with Gasteiger partial charge in [0, 0.05) is 23.7 Å². The molecule has 0 aromatic carbocycles. The Kier molecular flexibility index (Phi) is 5.65. The maximum atomic E-state index is 11.6. The van der Waals surface area contributed by atoms with Crippen LogP contribution >= 0.6 is 0 Å². The highest BCUT2D eigenvalue weighted by molar-refractivity contribution is 7.90. The fourth-order valence-electron chi connectivity index (χ4n) is 1.99. The summed E-state index contributed by atoms with van der Waals surface area (Å²) in [6.45, 7) is 10.5. The Morgan fingerprint density at radius 1 is 1.10 bits per heavy atom. The van der Waals surface area contributed by atoms with Gasteiger partial charge < -0.3 is 5.32 Å². The fourth-order valence-corrected chi connectivity index (χ4v) is 2.47. The highest BCUT2D eigenvalue weighted by Crippen LogP contribution is 2.20. The van der Waals surface area contributed by atoms with Crippen molar-refractivity contribution >= 4 is 9.84 Å². The van der Waals surface area contributed by atoms with Crippen molar-refractivity contribution in [1.82, 2.24) is 15.3 Å². The smallest absolute Gasteiger partial charge is 0.157 e. The lowest BCUT2D eigenvalue weighted by molar-refractivity contribution is 0.583. The van der Waals surface area contributed by atoms with E-state index in [1.807, 2.05) is 13.8 Å². The van der Waals surface area contributed by atoms with Crippen molar-refractivity contribution in [2.75, 3.05) is 12.8 Å². The first-order valence-electron chi connectivity index (χ1n) is 6.89. The van der Waals surface area contributed by atoms with Gasteiger partial charge in [0.25, 0.3) is 0 Å². The summed E-state index contributed by atoms with van der Waals surface area (Å²) in [6.07, 6.45) is 2.07. The Morgan fingerprint density at radius 3 is 2.00 bits per heavy atom. The Morgan fingerprint density at radius 2 is 1.60 bits per heavy atom. The number of aryl methyl sites for hydroxylation is 2. The molecule has 0 saturated carbocycles. The maximum absolute atomic E-state index is 11.6. The lowest BCUT2D eigenvalue weighted by Gasteiger charge is -2.15. The zero-order valence-corrected chi connectivity index (χ0v) is 14.0. The molecule has 114 valence electrons. The molecule has 6 heteroatoms. The number of hydrogen-bond donors (Lipinski definition) is 1. The first-order valence-corrected chi connectivity index (χ1v) is 8.84. The number of aromatic nitrogens is 2. The lowest BCUT2D eigenvalue weighted by atomic mass is 10.1. The Labute approximate surface area is 122 Å². The molecule has 0 amide bonds. The van der Waals surface area contributed by atoms with Crippen LogP contribution in [0.2, 0.25) is 0 Å². The molecule has 1 N–H and O–H groups in total. The van der Waals surface area contributed by atoms with E-state index in [0.29, 0.717) is 11.9 Å². The van der Waals surface area contributed by atoms with E-state index >= 15 is 0 Å². The summed E-state index contributed by atoms with van der Waals surface area (Å²) in [4.78, 5) is 8.76. The lowest BCUT2D eigenvalue weighted by Crippen LogP contribution is -2.25. The molecular formula is C14H25N3O2S. The molecule has 0 fully saturated rings. The van der Waals surface area contributed by atoms with Gasteiger partial charge in [-0.05, 0) is 39.3 Å². The van der Waals surface area contributed by atoms with E-state index in [9.17, 15) is 8.42 Å². The van der Waals surface area contributed by atoms with E-state index in [1.165, 1.54) is 6.26 Å². The molecule has 1 atom stereocenters. The Balaban J connectivity index is 2.98. The zero-order valence-electron chi connectivity index (χ0n) is 13.2. The molecule has 1 rings (SSSR count). The van der Waals surface area contributed by atoms with Crippen LogP contribution in [0.5, 0.6) is 0 Å². The number of sulfone groups is 1. The molecular weight excluding hydrogens is 274 g/mol. The molecule has 0 spiro atoms. The van der Waals surface area contributed by atoms with Crippen molar-refractivity contribution in [3.05, 3.63) is 22.8 Å². The molecule has 5 nitrogen and oxygen atoms in total. The van der Waals surface area contributed by atoms with Crippen LogP contribution in [0, 0.1) is 13.8 Å². The highest BCUT2D eigenvalue weighted by atomic mass is 32.2. The molecule has 20 heavy (non-hydrogen) atoms. The Hall–Kier alpha value is -1.01. The van der Waals surface area contributed by atoms with Gasteiger partial charge in [-0.2, -0.15) is 0 Å². The van der Waals surface area contributed by atoms with E-state index in [-0.39, 0.29) is 0 Å². The molecule has 1 aromatic heterocycles. The SMILES string of the molecule is Cc1nc(C(C)S(C)(=O)=O)nc(C)c1CCNC(C)C. The minimum Gasteiger partial charge on any atom is -0.314 e. The third-order valence-corrected chi connectivity index (χ3v) is 4.87. The topological polar surface area (TPSA) is 72.0 Å². The van der Waals surface area contributed by atoms with E-state index < -0.39 is 15.1 Å². The van der Waals surface area contributed by atoms with Gasteiger partial charge in [0.1, 0.15) is 11.1 Å². The molecule has 1 aromatic rings.